The zero-order valence-electron chi connectivity index (χ0n) is 13.5. The Labute approximate surface area is 139 Å². The largest absolute Gasteiger partial charge is 0.341 e. The zero-order valence-corrected chi connectivity index (χ0v) is 13.5. The lowest BCUT2D eigenvalue weighted by molar-refractivity contribution is -0.386. The Hall–Kier alpha value is -3.14. The number of para-hydroxylation sites is 1. The second-order valence-electron chi connectivity index (χ2n) is 5.77. The Bertz CT molecular complexity index is 875. The summed E-state index contributed by atoms with van der Waals surface area (Å²) < 4.78 is 0. The molecule has 122 valence electrons. The van der Waals surface area contributed by atoms with E-state index in [1.165, 1.54) is 0 Å². The number of H-pyrrole nitrogens is 1. The number of nitrogens with one attached hydrogen (secondary N) is 2. The molecule has 0 bridgehead atoms. The van der Waals surface area contributed by atoms with Crippen LogP contribution in [0.25, 0.3) is 0 Å². The fraction of sp³-hybridized carbons (Fsp3) is 0.294. The normalized spacial score (nSPS) is 16.3. The number of nitriles is 1. The van der Waals surface area contributed by atoms with E-state index < -0.39 is 5.92 Å². The second kappa shape index (κ2) is 6.16. The van der Waals surface area contributed by atoms with E-state index in [2.05, 4.69) is 21.6 Å². The molecule has 1 atom stereocenters. The molecule has 24 heavy (non-hydrogen) atoms. The zero-order chi connectivity index (χ0) is 17.3. The highest BCUT2D eigenvalue weighted by Gasteiger charge is 2.35. The molecule has 1 aromatic carbocycles. The molecule has 0 fully saturated rings. The minimum Gasteiger partial charge on any atom is -0.341 e. The van der Waals surface area contributed by atoms with Crippen molar-refractivity contribution in [2.24, 2.45) is 0 Å². The highest BCUT2D eigenvalue weighted by atomic mass is 16.6. The minimum absolute atomic E-state index is 0.0557. The van der Waals surface area contributed by atoms with Crippen molar-refractivity contribution in [2.75, 3.05) is 5.32 Å². The van der Waals surface area contributed by atoms with Gasteiger partial charge in [-0.2, -0.15) is 10.4 Å². The smallest absolute Gasteiger partial charge is 0.276 e. The summed E-state index contributed by atoms with van der Waals surface area (Å²) in [5.41, 5.74) is 3.20. The third-order valence-electron chi connectivity index (χ3n) is 4.25. The number of rotatable bonds is 4. The number of fused-ring (bicyclic) bond motifs is 1. The summed E-state index contributed by atoms with van der Waals surface area (Å²) in [6.07, 6.45) is 3.24. The van der Waals surface area contributed by atoms with Crippen LogP contribution in [0.15, 0.2) is 35.7 Å². The van der Waals surface area contributed by atoms with Crippen molar-refractivity contribution in [1.29, 1.82) is 5.26 Å². The van der Waals surface area contributed by atoms with Crippen LogP contribution in [0.3, 0.4) is 0 Å². The fourth-order valence-electron chi connectivity index (χ4n) is 3.23. The standard InChI is InChI=1S/C17H17N5O2/c1-3-5-14-12(8-18)15(13-9-19-21-17(13)20-14)11-7-4-6-10(2)16(11)22(23)24/h4,6-7,9,15H,3,5H2,1-2H3,(H2,19,20,21). The minimum atomic E-state index is -0.494. The van der Waals surface area contributed by atoms with E-state index in [-0.39, 0.29) is 10.6 Å². The van der Waals surface area contributed by atoms with Gasteiger partial charge in [0.2, 0.25) is 0 Å². The van der Waals surface area contributed by atoms with Crippen molar-refractivity contribution in [2.45, 2.75) is 32.6 Å². The van der Waals surface area contributed by atoms with Crippen molar-refractivity contribution in [3.05, 3.63) is 62.5 Å². The molecule has 0 radical (unpaired) electrons. The first-order valence-electron chi connectivity index (χ1n) is 7.76. The predicted octanol–water partition coefficient (Wildman–Crippen LogP) is 3.76. The van der Waals surface area contributed by atoms with E-state index in [0.29, 0.717) is 28.9 Å². The van der Waals surface area contributed by atoms with Gasteiger partial charge < -0.3 is 5.32 Å². The number of nitro benzene ring substituents is 1. The third kappa shape index (κ3) is 2.42. The molecule has 0 saturated carbocycles. The summed E-state index contributed by atoms with van der Waals surface area (Å²) in [6, 6.07) is 7.47. The number of aromatic nitrogens is 2. The summed E-state index contributed by atoms with van der Waals surface area (Å²) in [6.45, 7) is 3.73. The first-order chi connectivity index (χ1) is 11.6. The molecule has 1 aliphatic rings. The molecule has 1 unspecified atom stereocenters. The molecule has 2 heterocycles. The van der Waals surface area contributed by atoms with Gasteiger partial charge in [-0.3, -0.25) is 15.2 Å². The molecule has 7 nitrogen and oxygen atoms in total. The quantitative estimate of drug-likeness (QED) is 0.658. The van der Waals surface area contributed by atoms with Gasteiger partial charge in [-0.1, -0.05) is 31.5 Å². The average molecular weight is 323 g/mol. The number of hydrogen-bond acceptors (Lipinski definition) is 5. The van der Waals surface area contributed by atoms with E-state index in [4.69, 9.17) is 0 Å². The second-order valence-corrected chi connectivity index (χ2v) is 5.77. The van der Waals surface area contributed by atoms with E-state index in [0.717, 1.165) is 17.7 Å². The first-order valence-corrected chi connectivity index (χ1v) is 7.76. The van der Waals surface area contributed by atoms with E-state index in [9.17, 15) is 15.4 Å². The summed E-state index contributed by atoms with van der Waals surface area (Å²) in [5.74, 6) is 0.130. The van der Waals surface area contributed by atoms with E-state index in [1.807, 2.05) is 6.92 Å². The highest BCUT2D eigenvalue weighted by molar-refractivity contribution is 5.67. The number of nitro groups is 1. The molecule has 0 spiro atoms. The summed E-state index contributed by atoms with van der Waals surface area (Å²) in [4.78, 5) is 11.2. The van der Waals surface area contributed by atoms with E-state index >= 15 is 0 Å². The van der Waals surface area contributed by atoms with Gasteiger partial charge in [0, 0.05) is 28.6 Å². The molecular formula is C17H17N5O2. The summed E-state index contributed by atoms with van der Waals surface area (Å²) in [7, 11) is 0. The molecule has 0 amide bonds. The van der Waals surface area contributed by atoms with Gasteiger partial charge >= 0.3 is 0 Å². The molecule has 1 aromatic heterocycles. The van der Waals surface area contributed by atoms with Gasteiger partial charge in [0.1, 0.15) is 0 Å². The lowest BCUT2D eigenvalue weighted by Crippen LogP contribution is -2.18. The van der Waals surface area contributed by atoms with Gasteiger partial charge in [0.15, 0.2) is 5.82 Å². The molecule has 2 N–H and O–H groups in total. The molecule has 7 heteroatoms. The van der Waals surface area contributed by atoms with Crippen LogP contribution in [0.4, 0.5) is 11.5 Å². The average Bonchev–Trinajstić information content (AvgIpc) is 3.01. The molecule has 1 aliphatic heterocycles. The van der Waals surface area contributed by atoms with Crippen LogP contribution >= 0.6 is 0 Å². The number of nitrogens with zero attached hydrogens (tertiary/aromatic N) is 3. The van der Waals surface area contributed by atoms with Crippen LogP contribution in [0, 0.1) is 28.4 Å². The fourth-order valence-corrected chi connectivity index (χ4v) is 3.23. The van der Waals surface area contributed by atoms with Crippen LogP contribution in [0.1, 0.15) is 42.4 Å². The van der Waals surface area contributed by atoms with Crippen molar-refractivity contribution >= 4 is 11.5 Å². The monoisotopic (exact) mass is 323 g/mol. The topological polar surface area (TPSA) is 108 Å². The van der Waals surface area contributed by atoms with Gasteiger partial charge in [-0.15, -0.1) is 0 Å². The molecule has 2 aromatic rings. The maximum absolute atomic E-state index is 11.6. The molecule has 3 rings (SSSR count). The van der Waals surface area contributed by atoms with Crippen molar-refractivity contribution in [3.8, 4) is 6.07 Å². The van der Waals surface area contributed by atoms with Crippen molar-refractivity contribution < 1.29 is 4.92 Å². The SMILES string of the molecule is CCCC1=C(C#N)C(c2cccc(C)c2[N+](=O)[O-])c2c[nH]nc2N1. The van der Waals surface area contributed by atoms with Crippen LogP contribution in [-0.4, -0.2) is 15.1 Å². The number of hydrogen-bond donors (Lipinski definition) is 2. The van der Waals surface area contributed by atoms with Crippen LogP contribution in [0.2, 0.25) is 0 Å². The number of aromatic amines is 1. The Balaban J connectivity index is 2.28. The predicted molar refractivity (Wildman–Crippen MR) is 89.4 cm³/mol. The Morgan fingerprint density at radius 1 is 1.42 bits per heavy atom. The Morgan fingerprint density at radius 2 is 2.21 bits per heavy atom. The van der Waals surface area contributed by atoms with Crippen LogP contribution < -0.4 is 5.32 Å². The van der Waals surface area contributed by atoms with Gasteiger partial charge in [0.25, 0.3) is 5.69 Å². The van der Waals surface area contributed by atoms with Gasteiger partial charge in [-0.05, 0) is 13.3 Å². The van der Waals surface area contributed by atoms with Crippen LogP contribution in [0.5, 0.6) is 0 Å². The Morgan fingerprint density at radius 3 is 2.88 bits per heavy atom. The van der Waals surface area contributed by atoms with Gasteiger partial charge in [-0.25, -0.2) is 0 Å². The maximum Gasteiger partial charge on any atom is 0.276 e. The number of anilines is 1. The molecule has 0 saturated heterocycles. The third-order valence-corrected chi connectivity index (χ3v) is 4.25. The number of aryl methyl sites for hydroxylation is 1. The lowest BCUT2D eigenvalue weighted by atomic mass is 9.81. The summed E-state index contributed by atoms with van der Waals surface area (Å²) >= 11 is 0. The Kier molecular flexibility index (Phi) is 4.04. The lowest BCUT2D eigenvalue weighted by Gasteiger charge is -2.26. The summed E-state index contributed by atoms with van der Waals surface area (Å²) in [5, 5.41) is 31.5. The number of benzene rings is 1. The van der Waals surface area contributed by atoms with Crippen LogP contribution in [-0.2, 0) is 0 Å². The van der Waals surface area contributed by atoms with E-state index in [1.54, 1.807) is 31.3 Å². The molecule has 0 aliphatic carbocycles. The first kappa shape index (κ1) is 15.7. The molecular weight excluding hydrogens is 306 g/mol. The van der Waals surface area contributed by atoms with Crippen molar-refractivity contribution in [3.63, 3.8) is 0 Å². The highest BCUT2D eigenvalue weighted by Crippen LogP contribution is 2.44. The maximum atomic E-state index is 11.6. The number of allylic oxidation sites excluding steroid dienone is 2. The van der Waals surface area contributed by atoms with Crippen molar-refractivity contribution in [1.82, 2.24) is 10.2 Å². The van der Waals surface area contributed by atoms with Gasteiger partial charge in [0.05, 0.1) is 22.5 Å².